The summed E-state index contributed by atoms with van der Waals surface area (Å²) in [7, 11) is 5.88. The van der Waals surface area contributed by atoms with E-state index in [2.05, 4.69) is 42.0 Å². The SMILES string of the molecule is CN(C)CCNc1nc(N[C@H]2CC[C@H](N(C(=O)NCc3ccccc3)c3ccc(-c4cnn(C)c4)cn3)CC2)ncc1C#N. The van der Waals surface area contributed by atoms with Crippen molar-refractivity contribution in [3.8, 4) is 17.2 Å². The van der Waals surface area contributed by atoms with Gasteiger partial charge in [0.05, 0.1) is 12.4 Å². The van der Waals surface area contributed by atoms with Crippen LogP contribution in [0.25, 0.3) is 11.1 Å². The van der Waals surface area contributed by atoms with Gasteiger partial charge in [-0.25, -0.2) is 14.8 Å². The second-order valence-electron chi connectivity index (χ2n) is 11.3. The molecule has 0 spiro atoms. The number of nitrogens with one attached hydrogen (secondary N) is 3. The number of nitrogens with zero attached hydrogens (tertiary/aromatic N) is 8. The van der Waals surface area contributed by atoms with Crippen molar-refractivity contribution in [2.75, 3.05) is 42.7 Å². The second kappa shape index (κ2) is 14.4. The molecule has 3 N–H and O–H groups in total. The van der Waals surface area contributed by atoms with E-state index >= 15 is 0 Å². The topological polar surface area (TPSA) is 140 Å². The highest BCUT2D eigenvalue weighted by molar-refractivity contribution is 5.91. The molecule has 1 aliphatic carbocycles. The molecule has 1 saturated carbocycles. The molecule has 0 atom stereocenters. The average molecular weight is 594 g/mol. The highest BCUT2D eigenvalue weighted by atomic mass is 16.2. The molecule has 1 fully saturated rings. The maximum atomic E-state index is 13.7. The quantitative estimate of drug-likeness (QED) is 0.233. The van der Waals surface area contributed by atoms with E-state index in [4.69, 9.17) is 4.98 Å². The van der Waals surface area contributed by atoms with Crippen molar-refractivity contribution in [1.82, 2.24) is 34.9 Å². The lowest BCUT2D eigenvalue weighted by atomic mass is 9.90. The van der Waals surface area contributed by atoms with Crippen LogP contribution in [0, 0.1) is 11.3 Å². The van der Waals surface area contributed by atoms with Crippen LogP contribution in [-0.4, -0.2) is 74.9 Å². The number of urea groups is 1. The minimum Gasteiger partial charge on any atom is -0.368 e. The van der Waals surface area contributed by atoms with Crippen LogP contribution in [0.3, 0.4) is 0 Å². The number of aromatic nitrogens is 5. The number of aryl methyl sites for hydroxylation is 1. The smallest absolute Gasteiger partial charge is 0.323 e. The van der Waals surface area contributed by atoms with Gasteiger partial charge in [-0.05, 0) is 57.5 Å². The number of rotatable bonds is 11. The molecule has 12 nitrogen and oxygen atoms in total. The standard InChI is InChI=1S/C32H39N11O/c1-41(2)16-15-34-30-25(17-33)20-36-31(40-30)39-27-10-12-28(13-11-27)43(32(44)37-18-23-7-5-4-6-8-23)29-14-9-24(19-35-29)26-21-38-42(3)22-26/h4-9,14,19-22,27-28H,10-13,15-16,18H2,1-3H3,(H,37,44)(H2,34,36,39,40)/t27-,28-. The monoisotopic (exact) mass is 593 g/mol. The molecule has 228 valence electrons. The normalized spacial score (nSPS) is 16.2. The number of nitriles is 1. The van der Waals surface area contributed by atoms with Gasteiger partial charge in [0.25, 0.3) is 0 Å². The van der Waals surface area contributed by atoms with E-state index < -0.39 is 0 Å². The fourth-order valence-corrected chi connectivity index (χ4v) is 5.31. The molecule has 3 aromatic heterocycles. The second-order valence-corrected chi connectivity index (χ2v) is 11.3. The molecule has 44 heavy (non-hydrogen) atoms. The molecule has 2 amide bonds. The summed E-state index contributed by atoms with van der Waals surface area (Å²) < 4.78 is 1.75. The molecule has 5 rings (SSSR count). The fourth-order valence-electron chi connectivity index (χ4n) is 5.31. The molecule has 0 bridgehead atoms. The zero-order valence-electron chi connectivity index (χ0n) is 25.4. The predicted octanol–water partition coefficient (Wildman–Crippen LogP) is 4.26. The molecule has 4 aromatic rings. The number of likely N-dealkylation sites (N-methyl/N-ethyl adjacent to an activating group) is 1. The first kappa shape index (κ1) is 30.4. The molecule has 12 heteroatoms. The summed E-state index contributed by atoms with van der Waals surface area (Å²) in [6.45, 7) is 1.92. The van der Waals surface area contributed by atoms with Crippen LogP contribution < -0.4 is 20.9 Å². The summed E-state index contributed by atoms with van der Waals surface area (Å²) in [6.07, 6.45) is 10.3. The Morgan fingerprint density at radius 3 is 2.48 bits per heavy atom. The lowest BCUT2D eigenvalue weighted by molar-refractivity contribution is 0.240. The van der Waals surface area contributed by atoms with Crippen LogP contribution in [0.4, 0.5) is 22.4 Å². The third-order valence-electron chi connectivity index (χ3n) is 7.69. The number of hydrogen-bond donors (Lipinski definition) is 3. The van der Waals surface area contributed by atoms with E-state index in [9.17, 15) is 10.1 Å². The Labute approximate surface area is 258 Å². The highest BCUT2D eigenvalue weighted by Crippen LogP contribution is 2.29. The van der Waals surface area contributed by atoms with E-state index in [-0.39, 0.29) is 18.1 Å². The van der Waals surface area contributed by atoms with Crippen LogP contribution in [0.5, 0.6) is 0 Å². The van der Waals surface area contributed by atoms with Gasteiger partial charge in [0, 0.05) is 62.3 Å². The summed E-state index contributed by atoms with van der Waals surface area (Å²) in [5.41, 5.74) is 3.36. The van der Waals surface area contributed by atoms with Crippen LogP contribution in [-0.2, 0) is 13.6 Å². The molecule has 1 aliphatic rings. The van der Waals surface area contributed by atoms with E-state index in [1.165, 1.54) is 0 Å². The van der Waals surface area contributed by atoms with Crippen molar-refractivity contribution in [2.45, 2.75) is 44.3 Å². The van der Waals surface area contributed by atoms with Gasteiger partial charge >= 0.3 is 6.03 Å². The van der Waals surface area contributed by atoms with Crippen molar-refractivity contribution < 1.29 is 4.79 Å². The fraction of sp³-hybridized carbons (Fsp3) is 0.375. The Morgan fingerprint density at radius 2 is 1.82 bits per heavy atom. The van der Waals surface area contributed by atoms with E-state index in [1.807, 2.05) is 69.8 Å². The number of anilines is 3. The zero-order valence-corrected chi connectivity index (χ0v) is 25.4. The summed E-state index contributed by atoms with van der Waals surface area (Å²) in [4.78, 5) is 31.2. The van der Waals surface area contributed by atoms with Crippen molar-refractivity contribution >= 4 is 23.6 Å². The Balaban J connectivity index is 1.26. The molecular weight excluding hydrogens is 554 g/mol. The first-order chi connectivity index (χ1) is 21.4. The van der Waals surface area contributed by atoms with Gasteiger partial charge in [-0.3, -0.25) is 9.58 Å². The molecular formula is C32H39N11O. The summed E-state index contributed by atoms with van der Waals surface area (Å²) in [5.74, 6) is 1.64. The number of carbonyl (C=O) groups excluding carboxylic acids is 1. The van der Waals surface area contributed by atoms with Gasteiger partial charge < -0.3 is 20.9 Å². The molecule has 0 radical (unpaired) electrons. The van der Waals surface area contributed by atoms with Crippen molar-refractivity contribution in [2.24, 2.45) is 7.05 Å². The predicted molar refractivity (Wildman–Crippen MR) is 171 cm³/mol. The zero-order chi connectivity index (χ0) is 30.9. The molecule has 1 aromatic carbocycles. The third-order valence-corrected chi connectivity index (χ3v) is 7.69. The first-order valence-electron chi connectivity index (χ1n) is 14.9. The van der Waals surface area contributed by atoms with Crippen LogP contribution in [0.15, 0.2) is 67.3 Å². The summed E-state index contributed by atoms with van der Waals surface area (Å²) in [5, 5.41) is 23.5. The Hall–Kier alpha value is -5.02. The van der Waals surface area contributed by atoms with Gasteiger partial charge in [-0.1, -0.05) is 30.3 Å². The Morgan fingerprint density at radius 1 is 1.02 bits per heavy atom. The van der Waals surface area contributed by atoms with Crippen molar-refractivity contribution in [3.05, 3.63) is 78.4 Å². The molecule has 0 aliphatic heterocycles. The number of pyridine rings is 1. The van der Waals surface area contributed by atoms with Gasteiger partial charge in [0.15, 0.2) is 0 Å². The maximum Gasteiger partial charge on any atom is 0.323 e. The van der Waals surface area contributed by atoms with Crippen LogP contribution >= 0.6 is 0 Å². The largest absolute Gasteiger partial charge is 0.368 e. The van der Waals surface area contributed by atoms with Gasteiger partial charge in [-0.2, -0.15) is 15.3 Å². The summed E-state index contributed by atoms with van der Waals surface area (Å²) in [6, 6.07) is 15.9. The molecule has 0 saturated heterocycles. The van der Waals surface area contributed by atoms with E-state index in [0.717, 1.165) is 48.9 Å². The third kappa shape index (κ3) is 7.87. The van der Waals surface area contributed by atoms with Crippen molar-refractivity contribution in [3.63, 3.8) is 0 Å². The number of carbonyl (C=O) groups is 1. The van der Waals surface area contributed by atoms with Gasteiger partial charge in [0.1, 0.15) is 23.3 Å². The summed E-state index contributed by atoms with van der Waals surface area (Å²) >= 11 is 0. The van der Waals surface area contributed by atoms with E-state index in [1.54, 1.807) is 28.2 Å². The van der Waals surface area contributed by atoms with Gasteiger partial charge in [0.2, 0.25) is 5.95 Å². The maximum absolute atomic E-state index is 13.7. The Bertz CT molecular complexity index is 1560. The van der Waals surface area contributed by atoms with Crippen molar-refractivity contribution in [1.29, 1.82) is 5.26 Å². The van der Waals surface area contributed by atoms with E-state index in [0.29, 0.717) is 36.2 Å². The number of amides is 2. The minimum absolute atomic E-state index is 0.0225. The number of benzene rings is 1. The highest BCUT2D eigenvalue weighted by Gasteiger charge is 2.31. The molecule has 3 heterocycles. The van der Waals surface area contributed by atoms with Crippen LogP contribution in [0.1, 0.15) is 36.8 Å². The lowest BCUT2D eigenvalue weighted by Crippen LogP contribution is -2.49. The Kier molecular flexibility index (Phi) is 9.99. The average Bonchev–Trinajstić information content (AvgIpc) is 3.48. The minimum atomic E-state index is -0.171. The first-order valence-corrected chi connectivity index (χ1v) is 14.9. The van der Waals surface area contributed by atoms with Crippen LogP contribution in [0.2, 0.25) is 0 Å². The number of hydrogen-bond acceptors (Lipinski definition) is 9. The molecule has 0 unspecified atom stereocenters. The van der Waals surface area contributed by atoms with Gasteiger partial charge in [-0.15, -0.1) is 0 Å². The lowest BCUT2D eigenvalue weighted by Gasteiger charge is -2.36.